The zero-order chi connectivity index (χ0) is 19.0. The van der Waals surface area contributed by atoms with Gasteiger partial charge in [0.15, 0.2) is 0 Å². The van der Waals surface area contributed by atoms with E-state index in [-0.39, 0.29) is 5.91 Å². The van der Waals surface area contributed by atoms with E-state index in [1.54, 1.807) is 25.4 Å². The lowest BCUT2D eigenvalue weighted by molar-refractivity contribution is 0.102. The molecule has 1 atom stereocenters. The van der Waals surface area contributed by atoms with Gasteiger partial charge in [0.25, 0.3) is 5.91 Å². The Morgan fingerprint density at radius 2 is 2.15 bits per heavy atom. The Morgan fingerprint density at radius 3 is 2.85 bits per heavy atom. The zero-order valence-corrected chi connectivity index (χ0v) is 15.9. The van der Waals surface area contributed by atoms with Crippen LogP contribution in [0.2, 0.25) is 0 Å². The van der Waals surface area contributed by atoms with Crippen molar-refractivity contribution in [3.63, 3.8) is 0 Å². The summed E-state index contributed by atoms with van der Waals surface area (Å²) < 4.78 is 5.05. The van der Waals surface area contributed by atoms with Crippen LogP contribution >= 0.6 is 0 Å². The number of benzene rings is 1. The smallest absolute Gasteiger partial charge is 0.255 e. The third-order valence-corrected chi connectivity index (χ3v) is 5.36. The van der Waals surface area contributed by atoms with Gasteiger partial charge >= 0.3 is 0 Å². The number of nitrogens with zero attached hydrogens (tertiary/aromatic N) is 2. The van der Waals surface area contributed by atoms with Crippen LogP contribution in [0.25, 0.3) is 10.9 Å². The molecule has 140 valence electrons. The molecule has 6 nitrogen and oxygen atoms in total. The number of anilines is 1. The number of aryl methyl sites for hydroxylation is 1. The van der Waals surface area contributed by atoms with Crippen LogP contribution in [0.4, 0.5) is 5.69 Å². The number of ether oxygens (including phenoxy) is 1. The Kier molecular flexibility index (Phi) is 4.58. The van der Waals surface area contributed by atoms with Crippen molar-refractivity contribution < 1.29 is 9.53 Å². The number of amides is 1. The fourth-order valence-corrected chi connectivity index (χ4v) is 3.76. The Bertz CT molecular complexity index is 976. The van der Waals surface area contributed by atoms with Crippen LogP contribution in [-0.4, -0.2) is 48.0 Å². The highest BCUT2D eigenvalue weighted by molar-refractivity contribution is 6.06. The van der Waals surface area contributed by atoms with Gasteiger partial charge in [0.1, 0.15) is 0 Å². The largest absolute Gasteiger partial charge is 0.481 e. The van der Waals surface area contributed by atoms with Crippen LogP contribution in [0.15, 0.2) is 36.5 Å². The summed E-state index contributed by atoms with van der Waals surface area (Å²) >= 11 is 0. The first kappa shape index (κ1) is 17.5. The number of methoxy groups -OCH3 is 1. The van der Waals surface area contributed by atoms with E-state index in [2.05, 4.69) is 34.3 Å². The quantitative estimate of drug-likeness (QED) is 0.746. The van der Waals surface area contributed by atoms with Gasteiger partial charge < -0.3 is 19.9 Å². The summed E-state index contributed by atoms with van der Waals surface area (Å²) in [5, 5.41) is 4.05. The summed E-state index contributed by atoms with van der Waals surface area (Å²) in [4.78, 5) is 22.6. The van der Waals surface area contributed by atoms with Gasteiger partial charge in [-0.25, -0.2) is 4.98 Å². The molecule has 4 rings (SSSR count). The number of hydrogen-bond acceptors (Lipinski definition) is 4. The van der Waals surface area contributed by atoms with Crippen molar-refractivity contribution in [2.45, 2.75) is 25.3 Å². The number of H-pyrrole nitrogens is 1. The molecule has 1 unspecified atom stereocenters. The lowest BCUT2D eigenvalue weighted by atomic mass is 9.90. The van der Waals surface area contributed by atoms with Crippen molar-refractivity contribution in [1.82, 2.24) is 14.9 Å². The molecule has 1 aliphatic rings. The molecule has 2 N–H and O–H groups in total. The molecule has 0 saturated carbocycles. The number of rotatable bonds is 4. The lowest BCUT2D eigenvalue weighted by Crippen LogP contribution is -2.33. The summed E-state index contributed by atoms with van der Waals surface area (Å²) in [6.45, 7) is 0. The van der Waals surface area contributed by atoms with E-state index in [1.165, 1.54) is 11.3 Å². The number of carbonyl (C=O) groups is 1. The maximum atomic E-state index is 12.7. The Morgan fingerprint density at radius 1 is 1.30 bits per heavy atom. The third-order valence-electron chi connectivity index (χ3n) is 5.36. The highest BCUT2D eigenvalue weighted by Crippen LogP contribution is 2.31. The van der Waals surface area contributed by atoms with Gasteiger partial charge in [-0.1, -0.05) is 0 Å². The molecule has 27 heavy (non-hydrogen) atoms. The summed E-state index contributed by atoms with van der Waals surface area (Å²) in [5.74, 6) is 0.377. The number of aromatic amines is 1. The first-order chi connectivity index (χ1) is 13.0. The van der Waals surface area contributed by atoms with E-state index >= 15 is 0 Å². The van der Waals surface area contributed by atoms with Gasteiger partial charge in [-0.05, 0) is 63.2 Å². The van der Waals surface area contributed by atoms with Gasteiger partial charge in [-0.2, -0.15) is 0 Å². The molecule has 2 aromatic heterocycles. The maximum absolute atomic E-state index is 12.7. The normalized spacial score (nSPS) is 16.4. The Labute approximate surface area is 158 Å². The molecule has 0 fully saturated rings. The molecular weight excluding hydrogens is 340 g/mol. The van der Waals surface area contributed by atoms with Crippen LogP contribution in [0.1, 0.15) is 28.0 Å². The molecule has 1 aliphatic carbocycles. The highest BCUT2D eigenvalue weighted by Gasteiger charge is 2.24. The molecule has 1 amide bonds. The van der Waals surface area contributed by atoms with Crippen LogP contribution in [0.3, 0.4) is 0 Å². The van der Waals surface area contributed by atoms with Gasteiger partial charge in [0.05, 0.1) is 19.0 Å². The fourth-order valence-electron chi connectivity index (χ4n) is 3.76. The Hall–Kier alpha value is -2.86. The van der Waals surface area contributed by atoms with E-state index in [4.69, 9.17) is 4.74 Å². The predicted molar refractivity (Wildman–Crippen MR) is 107 cm³/mol. The number of carbonyl (C=O) groups excluding carboxylic acids is 1. The average molecular weight is 364 g/mol. The fraction of sp³-hybridized carbons (Fsp3) is 0.333. The lowest BCUT2D eigenvalue weighted by Gasteiger charge is -2.28. The average Bonchev–Trinajstić information content (AvgIpc) is 3.05. The van der Waals surface area contributed by atoms with E-state index in [1.807, 2.05) is 18.2 Å². The molecule has 0 radical (unpaired) electrons. The van der Waals surface area contributed by atoms with E-state index < -0.39 is 0 Å². The molecule has 0 saturated heterocycles. The van der Waals surface area contributed by atoms with Gasteiger partial charge in [-0.3, -0.25) is 4.79 Å². The molecule has 1 aromatic carbocycles. The number of nitrogens with one attached hydrogen (secondary N) is 2. The minimum Gasteiger partial charge on any atom is -0.481 e. The van der Waals surface area contributed by atoms with Crippen LogP contribution in [0, 0.1) is 0 Å². The van der Waals surface area contributed by atoms with Gasteiger partial charge in [0, 0.05) is 34.3 Å². The standard InChI is InChI=1S/C21H24N4O2/c1-25(2)15-6-8-19-17(11-15)16-10-13(4-7-18(16)24-19)21(26)23-14-5-9-20(27-3)22-12-14/h4-5,7,9-10,12,15,24H,6,8,11H2,1-3H3,(H,23,26). The van der Waals surface area contributed by atoms with Crippen LogP contribution in [0.5, 0.6) is 5.88 Å². The summed E-state index contributed by atoms with van der Waals surface area (Å²) in [7, 11) is 5.83. The second-order valence-electron chi connectivity index (χ2n) is 7.25. The summed E-state index contributed by atoms with van der Waals surface area (Å²) in [6, 6.07) is 9.90. The second-order valence-corrected chi connectivity index (χ2v) is 7.25. The minimum absolute atomic E-state index is 0.140. The molecule has 0 spiro atoms. The SMILES string of the molecule is COc1ccc(NC(=O)c2ccc3[nH]c4c(c3c2)CC(N(C)C)CC4)cn1. The molecule has 6 heteroatoms. The van der Waals surface area contributed by atoms with Crippen molar-refractivity contribution in [1.29, 1.82) is 0 Å². The number of likely N-dealkylation sites (N-methyl/N-ethyl adjacent to an activating group) is 1. The maximum Gasteiger partial charge on any atom is 0.255 e. The van der Waals surface area contributed by atoms with E-state index in [9.17, 15) is 4.79 Å². The second kappa shape index (κ2) is 7.04. The molecule has 0 bridgehead atoms. The van der Waals surface area contributed by atoms with Crippen LogP contribution in [-0.2, 0) is 12.8 Å². The Balaban J connectivity index is 1.60. The van der Waals surface area contributed by atoms with E-state index in [0.29, 0.717) is 23.2 Å². The predicted octanol–water partition coefficient (Wildman–Crippen LogP) is 3.24. The van der Waals surface area contributed by atoms with Gasteiger partial charge in [-0.15, -0.1) is 0 Å². The van der Waals surface area contributed by atoms with Crippen LogP contribution < -0.4 is 10.1 Å². The number of fused-ring (bicyclic) bond motifs is 3. The summed E-state index contributed by atoms with van der Waals surface area (Å²) in [5.41, 5.74) is 5.04. The summed E-state index contributed by atoms with van der Waals surface area (Å²) in [6.07, 6.45) is 4.81. The molecule has 2 heterocycles. The highest BCUT2D eigenvalue weighted by atomic mass is 16.5. The first-order valence-corrected chi connectivity index (χ1v) is 9.16. The van der Waals surface area contributed by atoms with E-state index in [0.717, 1.165) is 30.2 Å². The van der Waals surface area contributed by atoms with Crippen molar-refractivity contribution in [2.75, 3.05) is 26.5 Å². The van der Waals surface area contributed by atoms with Gasteiger partial charge in [0.2, 0.25) is 5.88 Å². The minimum atomic E-state index is -0.140. The van der Waals surface area contributed by atoms with Crippen molar-refractivity contribution in [2.24, 2.45) is 0 Å². The third kappa shape index (κ3) is 3.40. The zero-order valence-electron chi connectivity index (χ0n) is 15.9. The first-order valence-electron chi connectivity index (χ1n) is 9.16. The monoisotopic (exact) mass is 364 g/mol. The molecule has 3 aromatic rings. The molecular formula is C21H24N4O2. The van der Waals surface area contributed by atoms with Crippen molar-refractivity contribution in [3.8, 4) is 5.88 Å². The van der Waals surface area contributed by atoms with Crippen molar-refractivity contribution in [3.05, 3.63) is 53.3 Å². The number of hydrogen-bond donors (Lipinski definition) is 2. The number of aromatic nitrogens is 2. The van der Waals surface area contributed by atoms with Crippen molar-refractivity contribution >= 4 is 22.5 Å². The topological polar surface area (TPSA) is 70.2 Å². The number of pyridine rings is 1. The molecule has 0 aliphatic heterocycles.